The van der Waals surface area contributed by atoms with Gasteiger partial charge in [-0.05, 0) is 52.1 Å². The zero-order chi connectivity index (χ0) is 13.3. The molecule has 0 aromatic rings. The summed E-state index contributed by atoms with van der Waals surface area (Å²) in [5.41, 5.74) is 0. The van der Waals surface area contributed by atoms with E-state index in [1.54, 1.807) is 0 Å². The van der Waals surface area contributed by atoms with Crippen molar-refractivity contribution >= 4 is 0 Å². The number of rotatable bonds is 10. The highest BCUT2D eigenvalue weighted by Crippen LogP contribution is 2.17. The maximum absolute atomic E-state index is 3.24. The van der Waals surface area contributed by atoms with Crippen LogP contribution in [-0.4, -0.2) is 37.1 Å². The first kappa shape index (κ1) is 16.9. The topological polar surface area (TPSA) is 15.3 Å². The van der Waals surface area contributed by atoms with E-state index in [0.29, 0.717) is 0 Å². The Morgan fingerprint density at radius 2 is 1.65 bits per heavy atom. The lowest BCUT2D eigenvalue weighted by Crippen LogP contribution is -2.43. The molecule has 0 heterocycles. The quantitative estimate of drug-likeness (QED) is 0.590. The summed E-state index contributed by atoms with van der Waals surface area (Å²) in [6, 6.07) is 1.48. The molecule has 0 spiro atoms. The molecule has 0 bridgehead atoms. The van der Waals surface area contributed by atoms with Crippen LogP contribution in [0.25, 0.3) is 0 Å². The van der Waals surface area contributed by atoms with Crippen LogP contribution in [-0.2, 0) is 0 Å². The van der Waals surface area contributed by atoms with Gasteiger partial charge in [-0.1, -0.05) is 27.7 Å². The lowest BCUT2D eigenvalue weighted by Gasteiger charge is -2.37. The van der Waals surface area contributed by atoms with Gasteiger partial charge in [0.25, 0.3) is 0 Å². The van der Waals surface area contributed by atoms with Crippen molar-refractivity contribution in [3.63, 3.8) is 0 Å². The number of hydrogen-bond acceptors (Lipinski definition) is 2. The Bertz CT molecular complexity index is 164. The Morgan fingerprint density at radius 3 is 2.06 bits per heavy atom. The molecule has 0 saturated carbocycles. The molecule has 0 aliphatic heterocycles. The largest absolute Gasteiger partial charge is 0.320 e. The first-order valence-corrected chi connectivity index (χ1v) is 7.47. The Morgan fingerprint density at radius 1 is 1.06 bits per heavy atom. The van der Waals surface area contributed by atoms with Crippen LogP contribution in [0, 0.1) is 5.92 Å². The van der Waals surface area contributed by atoms with E-state index in [9.17, 15) is 0 Å². The Kier molecular flexibility index (Phi) is 9.85. The highest BCUT2D eigenvalue weighted by molar-refractivity contribution is 4.76. The first-order chi connectivity index (χ1) is 8.06. The summed E-state index contributed by atoms with van der Waals surface area (Å²) in [6.07, 6.45) is 5.15. The lowest BCUT2D eigenvalue weighted by atomic mass is 10.0. The summed E-state index contributed by atoms with van der Waals surface area (Å²) in [5.74, 6) is 0.766. The Hall–Kier alpha value is -0.0800. The number of nitrogens with one attached hydrogen (secondary N) is 1. The van der Waals surface area contributed by atoms with Crippen LogP contribution in [0.2, 0.25) is 0 Å². The van der Waals surface area contributed by atoms with Gasteiger partial charge in [0.05, 0.1) is 0 Å². The fourth-order valence-corrected chi connectivity index (χ4v) is 2.61. The van der Waals surface area contributed by atoms with Crippen molar-refractivity contribution < 1.29 is 0 Å². The van der Waals surface area contributed by atoms with Gasteiger partial charge in [0, 0.05) is 18.6 Å². The zero-order valence-electron chi connectivity index (χ0n) is 12.9. The summed E-state index contributed by atoms with van der Waals surface area (Å²) in [5, 5.41) is 3.24. The van der Waals surface area contributed by atoms with Crippen molar-refractivity contribution in [3.8, 4) is 0 Å². The average molecular weight is 242 g/mol. The fraction of sp³-hybridized carbons (Fsp3) is 1.00. The van der Waals surface area contributed by atoms with Crippen LogP contribution in [0.3, 0.4) is 0 Å². The van der Waals surface area contributed by atoms with Crippen LogP contribution in [0.5, 0.6) is 0 Å². The molecule has 0 aromatic carbocycles. The average Bonchev–Trinajstić information content (AvgIpc) is 2.29. The van der Waals surface area contributed by atoms with Gasteiger partial charge in [0.15, 0.2) is 0 Å². The molecule has 0 fully saturated rings. The second kappa shape index (κ2) is 9.90. The van der Waals surface area contributed by atoms with Crippen molar-refractivity contribution in [1.82, 2.24) is 10.2 Å². The van der Waals surface area contributed by atoms with Crippen molar-refractivity contribution in [1.29, 1.82) is 0 Å². The van der Waals surface area contributed by atoms with Crippen molar-refractivity contribution in [2.75, 3.05) is 20.1 Å². The highest BCUT2D eigenvalue weighted by atomic mass is 15.2. The molecule has 0 aliphatic carbocycles. The summed E-state index contributed by atoms with van der Waals surface area (Å²) < 4.78 is 0. The second-order valence-corrected chi connectivity index (χ2v) is 5.66. The molecule has 0 rings (SSSR count). The van der Waals surface area contributed by atoms with E-state index in [2.05, 4.69) is 44.8 Å². The van der Waals surface area contributed by atoms with Gasteiger partial charge in [-0.15, -0.1) is 0 Å². The van der Waals surface area contributed by atoms with Crippen LogP contribution in [0.1, 0.15) is 60.3 Å². The summed E-state index contributed by atoms with van der Waals surface area (Å²) >= 11 is 0. The monoisotopic (exact) mass is 242 g/mol. The molecule has 17 heavy (non-hydrogen) atoms. The number of nitrogens with zero attached hydrogens (tertiary/aromatic N) is 1. The van der Waals surface area contributed by atoms with Gasteiger partial charge in [-0.2, -0.15) is 0 Å². The molecule has 0 saturated heterocycles. The minimum Gasteiger partial charge on any atom is -0.320 e. The predicted molar refractivity (Wildman–Crippen MR) is 78.5 cm³/mol. The molecular weight excluding hydrogens is 208 g/mol. The van der Waals surface area contributed by atoms with E-state index >= 15 is 0 Å². The zero-order valence-corrected chi connectivity index (χ0v) is 12.9. The van der Waals surface area contributed by atoms with Crippen LogP contribution < -0.4 is 5.32 Å². The normalized spacial score (nSPS) is 13.9. The van der Waals surface area contributed by atoms with Crippen molar-refractivity contribution in [3.05, 3.63) is 0 Å². The molecule has 2 nitrogen and oxygen atoms in total. The molecular formula is C15H34N2. The van der Waals surface area contributed by atoms with E-state index in [1.807, 2.05) is 7.05 Å². The van der Waals surface area contributed by atoms with E-state index in [4.69, 9.17) is 0 Å². The molecule has 0 amide bonds. The number of hydrogen-bond donors (Lipinski definition) is 1. The summed E-state index contributed by atoms with van der Waals surface area (Å²) in [7, 11) is 2.04. The molecule has 1 N–H and O–H groups in total. The van der Waals surface area contributed by atoms with Gasteiger partial charge < -0.3 is 5.32 Å². The van der Waals surface area contributed by atoms with Crippen molar-refractivity contribution in [2.45, 2.75) is 72.4 Å². The third kappa shape index (κ3) is 7.05. The van der Waals surface area contributed by atoms with Crippen LogP contribution in [0.4, 0.5) is 0 Å². The van der Waals surface area contributed by atoms with Crippen LogP contribution >= 0.6 is 0 Å². The minimum absolute atomic E-state index is 0.718. The maximum Gasteiger partial charge on any atom is 0.00929 e. The smallest absolute Gasteiger partial charge is 0.00929 e. The first-order valence-electron chi connectivity index (χ1n) is 7.47. The van der Waals surface area contributed by atoms with E-state index < -0.39 is 0 Å². The molecule has 104 valence electrons. The lowest BCUT2D eigenvalue weighted by molar-refractivity contribution is 0.111. The maximum atomic E-state index is 3.24. The third-order valence-corrected chi connectivity index (χ3v) is 3.60. The van der Waals surface area contributed by atoms with Crippen LogP contribution in [0.15, 0.2) is 0 Å². The van der Waals surface area contributed by atoms with E-state index in [-0.39, 0.29) is 0 Å². The van der Waals surface area contributed by atoms with Gasteiger partial charge >= 0.3 is 0 Å². The summed E-state index contributed by atoms with van der Waals surface area (Å²) in [4.78, 5) is 2.74. The predicted octanol–water partition coefficient (Wildman–Crippen LogP) is 3.52. The van der Waals surface area contributed by atoms with Gasteiger partial charge in [0.2, 0.25) is 0 Å². The molecule has 0 aliphatic rings. The van der Waals surface area contributed by atoms with Gasteiger partial charge in [0.1, 0.15) is 0 Å². The molecule has 1 atom stereocenters. The van der Waals surface area contributed by atoms with E-state index in [0.717, 1.165) is 24.5 Å². The van der Waals surface area contributed by atoms with E-state index in [1.165, 1.54) is 32.2 Å². The summed E-state index contributed by atoms with van der Waals surface area (Å²) in [6.45, 7) is 14.1. The highest BCUT2D eigenvalue weighted by Gasteiger charge is 2.21. The van der Waals surface area contributed by atoms with Gasteiger partial charge in [-0.25, -0.2) is 0 Å². The van der Waals surface area contributed by atoms with Crippen molar-refractivity contribution in [2.24, 2.45) is 5.92 Å². The molecule has 1 unspecified atom stereocenters. The Balaban J connectivity index is 4.32. The minimum atomic E-state index is 0.718. The van der Waals surface area contributed by atoms with Gasteiger partial charge in [-0.3, -0.25) is 4.90 Å². The Labute approximate surface area is 109 Å². The second-order valence-electron chi connectivity index (χ2n) is 5.66. The standard InChI is InChI=1S/C15H34N2/c1-7-15(8-2)17(12-13(3)4)14(5)10-9-11-16-6/h13-16H,7-12H2,1-6H3. The SMILES string of the molecule is CCC(CC)N(CC(C)C)C(C)CCCNC. The molecule has 2 heteroatoms. The third-order valence-electron chi connectivity index (χ3n) is 3.60. The molecule has 0 aromatic heterocycles. The fourth-order valence-electron chi connectivity index (χ4n) is 2.61. The molecule has 0 radical (unpaired) electrons.